The van der Waals surface area contributed by atoms with E-state index in [-0.39, 0.29) is 24.0 Å². The molecule has 0 spiro atoms. The summed E-state index contributed by atoms with van der Waals surface area (Å²) in [5, 5.41) is 7.61. The molecule has 0 saturated carbocycles. The van der Waals surface area contributed by atoms with Crippen LogP contribution >= 0.6 is 24.0 Å². The number of rotatable bonds is 7. The van der Waals surface area contributed by atoms with Gasteiger partial charge in [-0.15, -0.1) is 24.0 Å². The molecule has 1 N–H and O–H groups in total. The van der Waals surface area contributed by atoms with Crippen LogP contribution in [0.3, 0.4) is 0 Å². The maximum absolute atomic E-state index is 5.50. The van der Waals surface area contributed by atoms with E-state index >= 15 is 0 Å². The Hall–Kier alpha value is -2.82. The van der Waals surface area contributed by atoms with Gasteiger partial charge < -0.3 is 19.7 Å². The van der Waals surface area contributed by atoms with Crippen molar-refractivity contribution in [1.82, 2.24) is 25.0 Å². The number of hydrogen-bond acceptors (Lipinski definition) is 5. The molecule has 2 heterocycles. The molecule has 0 amide bonds. The summed E-state index contributed by atoms with van der Waals surface area (Å²) >= 11 is 0. The molecule has 0 aliphatic rings. The zero-order chi connectivity index (χ0) is 20.6. The minimum Gasteiger partial charge on any atom is -0.497 e. The van der Waals surface area contributed by atoms with Crippen LogP contribution in [0.2, 0.25) is 0 Å². The summed E-state index contributed by atoms with van der Waals surface area (Å²) in [5.41, 5.74) is 2.13. The predicted molar refractivity (Wildman–Crippen MR) is 128 cm³/mol. The van der Waals surface area contributed by atoms with Crippen LogP contribution in [0.1, 0.15) is 11.1 Å². The molecule has 3 rings (SSSR count). The van der Waals surface area contributed by atoms with Crippen LogP contribution in [-0.2, 0) is 13.1 Å². The number of halogens is 1. The van der Waals surface area contributed by atoms with Gasteiger partial charge in [0, 0.05) is 57.4 Å². The second-order valence-corrected chi connectivity index (χ2v) is 6.41. The molecule has 160 valence electrons. The molecule has 0 saturated heterocycles. The number of methoxy groups -OCH3 is 2. The number of nitrogens with one attached hydrogen (secondary N) is 1. The van der Waals surface area contributed by atoms with E-state index in [1.807, 2.05) is 54.5 Å². The fourth-order valence-electron chi connectivity index (χ4n) is 2.98. The third-order valence-electron chi connectivity index (χ3n) is 4.47. The molecule has 0 bridgehead atoms. The summed E-state index contributed by atoms with van der Waals surface area (Å²) in [5.74, 6) is 3.10. The summed E-state index contributed by atoms with van der Waals surface area (Å²) in [6.07, 6.45) is 5.38. The fraction of sp³-hybridized carbons (Fsp3) is 0.286. The van der Waals surface area contributed by atoms with Crippen molar-refractivity contribution in [3.8, 4) is 17.3 Å². The highest BCUT2D eigenvalue weighted by Gasteiger charge is 2.11. The number of pyridine rings is 1. The Labute approximate surface area is 194 Å². The molecule has 0 radical (unpaired) electrons. The minimum atomic E-state index is 0. The first-order valence-corrected chi connectivity index (χ1v) is 9.22. The number of hydrogen-bond donors (Lipinski definition) is 1. The predicted octanol–water partition coefficient (Wildman–Crippen LogP) is 3.11. The summed E-state index contributed by atoms with van der Waals surface area (Å²) in [7, 11) is 7.06. The maximum atomic E-state index is 5.50. The lowest BCUT2D eigenvalue weighted by molar-refractivity contribution is 0.382. The molecule has 1 aromatic carbocycles. The first-order valence-electron chi connectivity index (χ1n) is 9.22. The SMILES string of the molecule is CN=C(NCc1ccnc(-n2cccn2)c1)N(C)Cc1ccc(OC)cc1OC.I. The van der Waals surface area contributed by atoms with Gasteiger partial charge in [-0.3, -0.25) is 4.99 Å². The normalized spacial score (nSPS) is 10.9. The molecule has 30 heavy (non-hydrogen) atoms. The van der Waals surface area contributed by atoms with E-state index in [0.29, 0.717) is 13.1 Å². The lowest BCUT2D eigenvalue weighted by Gasteiger charge is -2.23. The number of aromatic nitrogens is 3. The maximum Gasteiger partial charge on any atom is 0.193 e. The van der Waals surface area contributed by atoms with Gasteiger partial charge in [0.05, 0.1) is 14.2 Å². The van der Waals surface area contributed by atoms with E-state index in [4.69, 9.17) is 9.47 Å². The van der Waals surface area contributed by atoms with Crippen LogP contribution in [0.5, 0.6) is 11.5 Å². The Morgan fingerprint density at radius 3 is 2.67 bits per heavy atom. The number of nitrogens with zero attached hydrogens (tertiary/aromatic N) is 5. The summed E-state index contributed by atoms with van der Waals surface area (Å²) in [6, 6.07) is 11.7. The number of ether oxygens (including phenoxy) is 2. The molecule has 0 aliphatic carbocycles. The number of benzene rings is 1. The van der Waals surface area contributed by atoms with Crippen LogP contribution in [-0.4, -0.2) is 53.9 Å². The van der Waals surface area contributed by atoms with Crippen LogP contribution in [0, 0.1) is 0 Å². The summed E-state index contributed by atoms with van der Waals surface area (Å²) in [6.45, 7) is 1.26. The molecular weight excluding hydrogens is 495 g/mol. The van der Waals surface area contributed by atoms with Crippen molar-refractivity contribution in [3.05, 3.63) is 66.1 Å². The fourth-order valence-corrected chi connectivity index (χ4v) is 2.98. The van der Waals surface area contributed by atoms with Gasteiger partial charge in [-0.2, -0.15) is 5.10 Å². The lowest BCUT2D eigenvalue weighted by atomic mass is 10.2. The minimum absolute atomic E-state index is 0. The number of aliphatic imine (C=N–C) groups is 1. The summed E-state index contributed by atoms with van der Waals surface area (Å²) in [4.78, 5) is 10.8. The van der Waals surface area contributed by atoms with Gasteiger partial charge in [-0.1, -0.05) is 0 Å². The highest BCUT2D eigenvalue weighted by Crippen LogP contribution is 2.25. The Morgan fingerprint density at radius 2 is 2.00 bits per heavy atom. The topological polar surface area (TPSA) is 76.8 Å². The van der Waals surface area contributed by atoms with E-state index < -0.39 is 0 Å². The average Bonchev–Trinajstić information content (AvgIpc) is 3.29. The first-order chi connectivity index (χ1) is 14.1. The van der Waals surface area contributed by atoms with E-state index in [0.717, 1.165) is 34.4 Å². The van der Waals surface area contributed by atoms with Crippen LogP contribution < -0.4 is 14.8 Å². The summed E-state index contributed by atoms with van der Waals surface area (Å²) < 4.78 is 12.5. The Kier molecular flexibility index (Phi) is 8.90. The molecule has 0 unspecified atom stereocenters. The molecule has 0 fully saturated rings. The molecule has 8 nitrogen and oxygen atoms in total. The van der Waals surface area contributed by atoms with Gasteiger partial charge in [-0.25, -0.2) is 9.67 Å². The van der Waals surface area contributed by atoms with Gasteiger partial charge in [0.1, 0.15) is 11.5 Å². The van der Waals surface area contributed by atoms with Crippen molar-refractivity contribution in [1.29, 1.82) is 0 Å². The van der Waals surface area contributed by atoms with E-state index in [2.05, 4.69) is 20.4 Å². The Bertz CT molecular complexity index is 962. The quantitative estimate of drug-likeness (QED) is 0.292. The average molecular weight is 522 g/mol. The third-order valence-corrected chi connectivity index (χ3v) is 4.47. The Balaban J connectivity index is 0.00000320. The van der Waals surface area contributed by atoms with Crippen molar-refractivity contribution in [3.63, 3.8) is 0 Å². The first kappa shape index (κ1) is 23.5. The highest BCUT2D eigenvalue weighted by atomic mass is 127. The van der Waals surface area contributed by atoms with Crippen LogP contribution in [0.25, 0.3) is 5.82 Å². The van der Waals surface area contributed by atoms with Crippen molar-refractivity contribution >= 4 is 29.9 Å². The molecule has 3 aromatic rings. The van der Waals surface area contributed by atoms with Crippen molar-refractivity contribution in [2.45, 2.75) is 13.1 Å². The molecule has 0 aliphatic heterocycles. The smallest absolute Gasteiger partial charge is 0.193 e. The van der Waals surface area contributed by atoms with Gasteiger partial charge in [0.15, 0.2) is 11.8 Å². The molecule has 0 atom stereocenters. The van der Waals surface area contributed by atoms with Crippen molar-refractivity contribution in [2.24, 2.45) is 4.99 Å². The standard InChI is InChI=1S/C21H26N6O2.HI/c1-22-21(26(2)15-17-6-7-18(28-3)13-19(17)29-4)24-14-16-8-10-23-20(12-16)27-11-5-9-25-27;/h5-13H,14-15H2,1-4H3,(H,22,24);1H. The highest BCUT2D eigenvalue weighted by molar-refractivity contribution is 14.0. The molecular formula is C21H27IN6O2. The van der Waals surface area contributed by atoms with Crippen LogP contribution in [0.15, 0.2) is 60.0 Å². The third kappa shape index (κ3) is 5.85. The van der Waals surface area contributed by atoms with Crippen molar-refractivity contribution in [2.75, 3.05) is 28.3 Å². The van der Waals surface area contributed by atoms with Gasteiger partial charge in [-0.05, 0) is 35.9 Å². The lowest BCUT2D eigenvalue weighted by Crippen LogP contribution is -2.38. The van der Waals surface area contributed by atoms with E-state index in [1.165, 1.54) is 0 Å². The van der Waals surface area contributed by atoms with Gasteiger partial charge in [0.2, 0.25) is 0 Å². The largest absolute Gasteiger partial charge is 0.497 e. The van der Waals surface area contributed by atoms with E-state index in [1.54, 1.807) is 38.3 Å². The molecule has 9 heteroatoms. The Morgan fingerprint density at radius 1 is 1.17 bits per heavy atom. The molecule has 2 aromatic heterocycles. The van der Waals surface area contributed by atoms with Gasteiger partial charge in [0.25, 0.3) is 0 Å². The van der Waals surface area contributed by atoms with Gasteiger partial charge >= 0.3 is 0 Å². The van der Waals surface area contributed by atoms with E-state index in [9.17, 15) is 0 Å². The zero-order valence-corrected chi connectivity index (χ0v) is 19.9. The monoisotopic (exact) mass is 522 g/mol. The second-order valence-electron chi connectivity index (χ2n) is 6.41. The van der Waals surface area contributed by atoms with Crippen LogP contribution in [0.4, 0.5) is 0 Å². The zero-order valence-electron chi connectivity index (χ0n) is 17.6. The van der Waals surface area contributed by atoms with Crippen molar-refractivity contribution < 1.29 is 9.47 Å². The second kappa shape index (κ2) is 11.4. The number of guanidine groups is 1.